The van der Waals surface area contributed by atoms with Crippen LogP contribution in [-0.2, 0) is 0 Å². The minimum absolute atomic E-state index is 0.104. The van der Waals surface area contributed by atoms with Crippen LogP contribution in [0.2, 0.25) is 0 Å². The third-order valence-electron chi connectivity index (χ3n) is 4.14. The lowest BCUT2D eigenvalue weighted by molar-refractivity contribution is 0.252. The van der Waals surface area contributed by atoms with Crippen molar-refractivity contribution >= 4 is 17.4 Å². The van der Waals surface area contributed by atoms with Crippen molar-refractivity contribution in [1.29, 1.82) is 0 Å². The molecular formula is C18H29N3O. The van der Waals surface area contributed by atoms with Gasteiger partial charge in [-0.25, -0.2) is 4.79 Å². The van der Waals surface area contributed by atoms with Gasteiger partial charge in [-0.2, -0.15) is 0 Å². The van der Waals surface area contributed by atoms with E-state index < -0.39 is 0 Å². The van der Waals surface area contributed by atoms with Gasteiger partial charge < -0.3 is 15.5 Å². The molecule has 2 rings (SSSR count). The van der Waals surface area contributed by atoms with Crippen molar-refractivity contribution in [3.05, 3.63) is 24.3 Å². The number of carbonyl (C=O) groups is 1. The van der Waals surface area contributed by atoms with Gasteiger partial charge in [0.25, 0.3) is 0 Å². The van der Waals surface area contributed by atoms with Gasteiger partial charge in [-0.05, 0) is 43.9 Å². The summed E-state index contributed by atoms with van der Waals surface area (Å²) in [5, 5.41) is 5.86. The molecule has 0 saturated carbocycles. The molecule has 0 radical (unpaired) electrons. The van der Waals surface area contributed by atoms with Crippen molar-refractivity contribution in [2.45, 2.75) is 51.9 Å². The summed E-state index contributed by atoms with van der Waals surface area (Å²) in [6, 6.07) is 8.05. The van der Waals surface area contributed by atoms with Crippen molar-refractivity contribution in [3.63, 3.8) is 0 Å². The molecule has 1 aliphatic heterocycles. The van der Waals surface area contributed by atoms with Crippen LogP contribution < -0.4 is 15.5 Å². The molecule has 0 spiro atoms. The molecular weight excluding hydrogens is 274 g/mol. The van der Waals surface area contributed by atoms with E-state index in [0.717, 1.165) is 31.7 Å². The molecule has 4 nitrogen and oxygen atoms in total. The zero-order valence-electron chi connectivity index (χ0n) is 13.7. The summed E-state index contributed by atoms with van der Waals surface area (Å²) in [6.07, 6.45) is 8.54. The number of amides is 2. The number of nitrogens with zero attached hydrogens (tertiary/aromatic N) is 1. The van der Waals surface area contributed by atoms with Crippen molar-refractivity contribution in [3.8, 4) is 0 Å². The maximum atomic E-state index is 11.9. The minimum atomic E-state index is -0.104. The third kappa shape index (κ3) is 5.58. The van der Waals surface area contributed by atoms with Crippen LogP contribution in [0, 0.1) is 0 Å². The molecule has 2 N–H and O–H groups in total. The SMILES string of the molecule is CCCCCCNC(=O)Nc1cccc(N2CCCCC2)c1. The standard InChI is InChI=1S/C18H29N3O/c1-2-3-4-6-12-19-18(22)20-16-10-9-11-17(15-16)21-13-7-5-8-14-21/h9-11,15H,2-8,12-14H2,1H3,(H2,19,20,22). The molecule has 0 unspecified atom stereocenters. The van der Waals surface area contributed by atoms with Crippen LogP contribution in [0.5, 0.6) is 0 Å². The summed E-state index contributed by atoms with van der Waals surface area (Å²) in [7, 11) is 0. The topological polar surface area (TPSA) is 44.4 Å². The normalized spacial score (nSPS) is 14.7. The summed E-state index contributed by atoms with van der Waals surface area (Å²) in [5.41, 5.74) is 2.08. The highest BCUT2D eigenvalue weighted by Crippen LogP contribution is 2.22. The first-order valence-corrected chi connectivity index (χ1v) is 8.69. The average Bonchev–Trinajstić information content (AvgIpc) is 2.56. The zero-order valence-corrected chi connectivity index (χ0v) is 13.7. The number of urea groups is 1. The summed E-state index contributed by atoms with van der Waals surface area (Å²) in [6.45, 7) is 5.17. The minimum Gasteiger partial charge on any atom is -0.371 e. The molecule has 1 aliphatic rings. The van der Waals surface area contributed by atoms with Crippen molar-refractivity contribution in [2.75, 3.05) is 29.9 Å². The van der Waals surface area contributed by atoms with Crippen molar-refractivity contribution in [1.82, 2.24) is 5.32 Å². The highest BCUT2D eigenvalue weighted by molar-refractivity contribution is 5.89. The smallest absolute Gasteiger partial charge is 0.319 e. The van der Waals surface area contributed by atoms with E-state index in [4.69, 9.17) is 0 Å². The Bertz CT molecular complexity index is 455. The third-order valence-corrected chi connectivity index (χ3v) is 4.14. The molecule has 0 aliphatic carbocycles. The van der Waals surface area contributed by atoms with Crippen LogP contribution in [-0.4, -0.2) is 25.7 Å². The summed E-state index contributed by atoms with van der Waals surface area (Å²) < 4.78 is 0. The Morgan fingerprint density at radius 2 is 1.95 bits per heavy atom. The summed E-state index contributed by atoms with van der Waals surface area (Å²) in [5.74, 6) is 0. The van der Waals surface area contributed by atoms with Gasteiger partial charge in [-0.15, -0.1) is 0 Å². The fourth-order valence-corrected chi connectivity index (χ4v) is 2.86. The maximum Gasteiger partial charge on any atom is 0.319 e. The van der Waals surface area contributed by atoms with E-state index in [-0.39, 0.29) is 6.03 Å². The van der Waals surface area contributed by atoms with Gasteiger partial charge >= 0.3 is 6.03 Å². The quantitative estimate of drug-likeness (QED) is 0.734. The second kappa shape index (κ2) is 9.34. The van der Waals surface area contributed by atoms with Crippen LogP contribution in [0.25, 0.3) is 0 Å². The molecule has 1 fully saturated rings. The predicted octanol–water partition coefficient (Wildman–Crippen LogP) is 4.38. The van der Waals surface area contributed by atoms with E-state index in [1.807, 2.05) is 12.1 Å². The van der Waals surface area contributed by atoms with Gasteiger partial charge in [0.2, 0.25) is 0 Å². The first-order valence-electron chi connectivity index (χ1n) is 8.69. The molecule has 4 heteroatoms. The number of benzene rings is 1. The van der Waals surface area contributed by atoms with E-state index in [0.29, 0.717) is 0 Å². The molecule has 1 saturated heterocycles. The number of anilines is 2. The Morgan fingerprint density at radius 3 is 2.73 bits per heavy atom. The van der Waals surface area contributed by atoms with E-state index in [1.54, 1.807) is 0 Å². The first kappa shape index (κ1) is 16.7. The Labute approximate surface area is 134 Å². The molecule has 1 aromatic rings. The highest BCUT2D eigenvalue weighted by Gasteiger charge is 2.11. The predicted molar refractivity (Wildman–Crippen MR) is 93.7 cm³/mol. The van der Waals surface area contributed by atoms with Gasteiger partial charge in [0.1, 0.15) is 0 Å². The molecule has 0 bridgehead atoms. The Hall–Kier alpha value is -1.71. The first-order chi connectivity index (χ1) is 10.8. The van der Waals surface area contributed by atoms with Crippen molar-refractivity contribution < 1.29 is 4.79 Å². The lowest BCUT2D eigenvalue weighted by atomic mass is 10.1. The Morgan fingerprint density at radius 1 is 1.14 bits per heavy atom. The number of unbranched alkanes of at least 4 members (excludes halogenated alkanes) is 3. The van der Waals surface area contributed by atoms with Crippen molar-refractivity contribution in [2.24, 2.45) is 0 Å². The Balaban J connectivity index is 1.78. The second-order valence-corrected chi connectivity index (χ2v) is 6.04. The number of hydrogen-bond acceptors (Lipinski definition) is 2. The monoisotopic (exact) mass is 303 g/mol. The second-order valence-electron chi connectivity index (χ2n) is 6.04. The van der Waals surface area contributed by atoms with E-state index in [1.165, 1.54) is 44.2 Å². The molecule has 0 atom stereocenters. The summed E-state index contributed by atoms with van der Waals surface area (Å²) >= 11 is 0. The molecule has 0 aromatic heterocycles. The average molecular weight is 303 g/mol. The van der Waals surface area contributed by atoms with E-state index in [9.17, 15) is 4.79 Å². The van der Waals surface area contributed by atoms with Crippen LogP contribution >= 0.6 is 0 Å². The van der Waals surface area contributed by atoms with Crippen LogP contribution in [0.15, 0.2) is 24.3 Å². The molecule has 22 heavy (non-hydrogen) atoms. The molecule has 1 aromatic carbocycles. The number of carbonyl (C=O) groups excluding carboxylic acids is 1. The van der Waals surface area contributed by atoms with Gasteiger partial charge in [0, 0.05) is 31.0 Å². The number of piperidine rings is 1. The molecule has 2 amide bonds. The highest BCUT2D eigenvalue weighted by atomic mass is 16.2. The van der Waals surface area contributed by atoms with Gasteiger partial charge in [0.05, 0.1) is 0 Å². The lowest BCUT2D eigenvalue weighted by Crippen LogP contribution is -2.30. The van der Waals surface area contributed by atoms with Crippen LogP contribution in [0.3, 0.4) is 0 Å². The van der Waals surface area contributed by atoms with Crippen LogP contribution in [0.1, 0.15) is 51.9 Å². The Kier molecular flexibility index (Phi) is 7.07. The fourth-order valence-electron chi connectivity index (χ4n) is 2.86. The lowest BCUT2D eigenvalue weighted by Gasteiger charge is -2.29. The number of nitrogens with one attached hydrogen (secondary N) is 2. The maximum absolute atomic E-state index is 11.9. The van der Waals surface area contributed by atoms with E-state index >= 15 is 0 Å². The molecule has 122 valence electrons. The molecule has 1 heterocycles. The zero-order chi connectivity index (χ0) is 15.6. The van der Waals surface area contributed by atoms with Gasteiger partial charge in [-0.3, -0.25) is 0 Å². The number of rotatable bonds is 7. The fraction of sp³-hybridized carbons (Fsp3) is 0.611. The number of hydrogen-bond donors (Lipinski definition) is 2. The summed E-state index contributed by atoms with van der Waals surface area (Å²) in [4.78, 5) is 14.3. The van der Waals surface area contributed by atoms with E-state index in [2.05, 4.69) is 34.6 Å². The largest absolute Gasteiger partial charge is 0.371 e. The van der Waals surface area contributed by atoms with Gasteiger partial charge in [-0.1, -0.05) is 32.3 Å². The van der Waals surface area contributed by atoms with Gasteiger partial charge in [0.15, 0.2) is 0 Å². The van der Waals surface area contributed by atoms with Crippen LogP contribution in [0.4, 0.5) is 16.2 Å².